The van der Waals surface area contributed by atoms with Crippen molar-refractivity contribution in [2.45, 2.75) is 69.6 Å². The Kier molecular flexibility index (Phi) is 4.75. The summed E-state index contributed by atoms with van der Waals surface area (Å²) >= 11 is 0. The van der Waals surface area contributed by atoms with Crippen LogP contribution in [0.4, 0.5) is 10.2 Å². The summed E-state index contributed by atoms with van der Waals surface area (Å²) in [6, 6.07) is 6.60. The molecule has 5 nitrogen and oxygen atoms in total. The summed E-state index contributed by atoms with van der Waals surface area (Å²) in [5.74, 6) is 2.02. The number of aliphatic imine (C=N–C) groups is 1. The Balaban J connectivity index is 1.43. The first-order valence-electron chi connectivity index (χ1n) is 10.6. The van der Waals surface area contributed by atoms with Crippen molar-refractivity contribution in [3.05, 3.63) is 29.6 Å². The van der Waals surface area contributed by atoms with Crippen LogP contribution in [0.1, 0.15) is 55.8 Å². The predicted molar refractivity (Wildman–Crippen MR) is 111 cm³/mol. The summed E-state index contributed by atoms with van der Waals surface area (Å²) < 4.78 is 14.2. The van der Waals surface area contributed by atoms with Gasteiger partial charge in [0.05, 0.1) is 17.6 Å². The number of hydrogen-bond donors (Lipinski definition) is 2. The molecule has 1 saturated heterocycles. The van der Waals surface area contributed by atoms with E-state index in [0.29, 0.717) is 25.0 Å². The molecule has 1 aromatic heterocycles. The van der Waals surface area contributed by atoms with Gasteiger partial charge in [-0.1, -0.05) is 11.6 Å². The van der Waals surface area contributed by atoms with Gasteiger partial charge in [0.25, 0.3) is 0 Å². The molecular weight excluding hydrogens is 353 g/mol. The van der Waals surface area contributed by atoms with Gasteiger partial charge in [-0.05, 0) is 57.6 Å². The molecule has 0 amide bonds. The average Bonchev–Trinajstić information content (AvgIpc) is 3.43. The summed E-state index contributed by atoms with van der Waals surface area (Å²) in [6.07, 6.45) is 5.85. The molecule has 5 rings (SSSR count). The number of halogens is 1. The molecule has 1 aromatic carbocycles. The number of anilines is 1. The Bertz CT molecular complexity index is 897. The second-order valence-electron chi connectivity index (χ2n) is 8.58. The van der Waals surface area contributed by atoms with Gasteiger partial charge in [0.1, 0.15) is 17.8 Å². The fourth-order valence-corrected chi connectivity index (χ4v) is 4.32. The first-order valence-corrected chi connectivity index (χ1v) is 10.6. The first kappa shape index (κ1) is 18.0. The lowest BCUT2D eigenvalue weighted by molar-refractivity contribution is 0.342. The molecule has 2 aromatic rings. The summed E-state index contributed by atoms with van der Waals surface area (Å²) in [4.78, 5) is 14.6. The van der Waals surface area contributed by atoms with E-state index in [9.17, 15) is 4.39 Å². The van der Waals surface area contributed by atoms with Gasteiger partial charge in [-0.3, -0.25) is 4.99 Å². The molecule has 0 unspecified atom stereocenters. The van der Waals surface area contributed by atoms with Crippen LogP contribution in [0.3, 0.4) is 0 Å². The van der Waals surface area contributed by atoms with E-state index in [-0.39, 0.29) is 6.04 Å². The van der Waals surface area contributed by atoms with Crippen molar-refractivity contribution in [3.8, 4) is 0 Å². The van der Waals surface area contributed by atoms with E-state index in [1.54, 1.807) is 0 Å². The number of nitrogens with zero attached hydrogens (tertiary/aromatic N) is 3. The second kappa shape index (κ2) is 7.39. The lowest BCUT2D eigenvalue weighted by atomic mass is 9.87. The highest BCUT2D eigenvalue weighted by Crippen LogP contribution is 2.34. The van der Waals surface area contributed by atoms with Crippen LogP contribution >= 0.6 is 0 Å². The van der Waals surface area contributed by atoms with Gasteiger partial charge in [0.2, 0.25) is 0 Å². The Hall–Kier alpha value is -2.08. The van der Waals surface area contributed by atoms with Crippen molar-refractivity contribution in [3.63, 3.8) is 0 Å². The fraction of sp³-hybridized carbons (Fsp3) is 0.591. The largest absolute Gasteiger partial charge is 0.362 e. The highest BCUT2D eigenvalue weighted by atomic mass is 19.1. The quantitative estimate of drug-likeness (QED) is 0.843. The number of aryl methyl sites for hydroxylation is 1. The van der Waals surface area contributed by atoms with Gasteiger partial charge >= 0.3 is 0 Å². The maximum atomic E-state index is 14.2. The summed E-state index contributed by atoms with van der Waals surface area (Å²) in [6.45, 7) is 3.09. The van der Waals surface area contributed by atoms with E-state index < -0.39 is 6.17 Å². The summed E-state index contributed by atoms with van der Waals surface area (Å²) in [5, 5.41) is 7.46. The Labute approximate surface area is 165 Å². The van der Waals surface area contributed by atoms with Crippen molar-refractivity contribution in [2.24, 2.45) is 4.99 Å². The zero-order chi connectivity index (χ0) is 19.1. The third-order valence-electron chi connectivity index (χ3n) is 6.17. The standard InChI is InChI=1S/C22H28FN5/c1-13-2-9-19-17(10-13)22(27-20-12-24-11-18(20)23)28-21(26-19)14-3-5-15(6-4-14)25-16-7-8-16/h2,9-10,14,16,18,20,24H,3-8,11-12H2,1H3,(H,26,27,28)/t14?,18-,20+/m1/s1. The van der Waals surface area contributed by atoms with Crippen molar-refractivity contribution in [1.29, 1.82) is 0 Å². The maximum Gasteiger partial charge on any atom is 0.138 e. The van der Waals surface area contributed by atoms with Gasteiger partial charge in [0, 0.05) is 30.1 Å². The number of fused-ring (bicyclic) bond motifs is 1. The average molecular weight is 381 g/mol. The number of rotatable bonds is 4. The van der Waals surface area contributed by atoms with Crippen LogP contribution in [0.5, 0.6) is 0 Å². The second-order valence-corrected chi connectivity index (χ2v) is 8.58. The summed E-state index contributed by atoms with van der Waals surface area (Å²) in [5.41, 5.74) is 3.48. The van der Waals surface area contributed by atoms with E-state index in [1.165, 1.54) is 18.6 Å². The third-order valence-corrected chi connectivity index (χ3v) is 6.17. The van der Waals surface area contributed by atoms with Crippen LogP contribution in [-0.2, 0) is 0 Å². The maximum absolute atomic E-state index is 14.2. The molecule has 0 radical (unpaired) electrons. The molecule has 0 bridgehead atoms. The van der Waals surface area contributed by atoms with E-state index in [0.717, 1.165) is 53.8 Å². The highest BCUT2D eigenvalue weighted by molar-refractivity contribution is 5.90. The van der Waals surface area contributed by atoms with Gasteiger partial charge < -0.3 is 10.6 Å². The minimum atomic E-state index is -0.894. The molecule has 148 valence electrons. The molecule has 2 aliphatic carbocycles. The number of alkyl halides is 1. The molecule has 3 aliphatic rings. The van der Waals surface area contributed by atoms with Crippen molar-refractivity contribution < 1.29 is 4.39 Å². The Morgan fingerprint density at radius 3 is 2.64 bits per heavy atom. The number of hydrogen-bond acceptors (Lipinski definition) is 5. The van der Waals surface area contributed by atoms with Crippen molar-refractivity contribution >= 4 is 22.4 Å². The van der Waals surface area contributed by atoms with Crippen LogP contribution in [0.15, 0.2) is 23.2 Å². The molecule has 2 N–H and O–H groups in total. The molecule has 2 atom stereocenters. The number of benzene rings is 1. The lowest BCUT2D eigenvalue weighted by Gasteiger charge is -2.24. The third kappa shape index (κ3) is 3.75. The Morgan fingerprint density at radius 1 is 1.11 bits per heavy atom. The highest BCUT2D eigenvalue weighted by Gasteiger charge is 2.29. The van der Waals surface area contributed by atoms with Crippen LogP contribution in [0.2, 0.25) is 0 Å². The van der Waals surface area contributed by atoms with Crippen LogP contribution in [0, 0.1) is 6.92 Å². The smallest absolute Gasteiger partial charge is 0.138 e. The zero-order valence-electron chi connectivity index (χ0n) is 16.4. The van der Waals surface area contributed by atoms with Gasteiger partial charge in [-0.25, -0.2) is 14.4 Å². The van der Waals surface area contributed by atoms with E-state index in [4.69, 9.17) is 15.0 Å². The van der Waals surface area contributed by atoms with Crippen molar-refractivity contribution in [1.82, 2.24) is 15.3 Å². The molecule has 1 aliphatic heterocycles. The van der Waals surface area contributed by atoms with Gasteiger partial charge in [0.15, 0.2) is 0 Å². The minimum Gasteiger partial charge on any atom is -0.362 e. The monoisotopic (exact) mass is 381 g/mol. The molecule has 28 heavy (non-hydrogen) atoms. The lowest BCUT2D eigenvalue weighted by Crippen LogP contribution is -2.30. The van der Waals surface area contributed by atoms with E-state index >= 15 is 0 Å². The molecule has 6 heteroatoms. The van der Waals surface area contributed by atoms with Crippen LogP contribution < -0.4 is 10.6 Å². The topological polar surface area (TPSA) is 62.2 Å². The van der Waals surface area contributed by atoms with E-state index in [1.807, 2.05) is 0 Å². The molecule has 3 fully saturated rings. The minimum absolute atomic E-state index is 0.241. The molecule has 2 heterocycles. The fourth-order valence-electron chi connectivity index (χ4n) is 4.32. The van der Waals surface area contributed by atoms with E-state index in [2.05, 4.69) is 35.8 Å². The molecular formula is C22H28FN5. The summed E-state index contributed by atoms with van der Waals surface area (Å²) in [7, 11) is 0. The number of nitrogens with one attached hydrogen (secondary N) is 2. The molecule has 2 saturated carbocycles. The zero-order valence-corrected chi connectivity index (χ0v) is 16.4. The number of aromatic nitrogens is 2. The SMILES string of the molecule is Cc1ccc2nc(C3CCC(=NC4CC4)CC3)nc(N[C@H]3CNC[C@H]3F)c2c1. The van der Waals surface area contributed by atoms with Gasteiger partial charge in [-0.15, -0.1) is 0 Å². The van der Waals surface area contributed by atoms with Gasteiger partial charge in [-0.2, -0.15) is 0 Å². The normalized spacial score (nSPS) is 27.9. The predicted octanol–water partition coefficient (Wildman–Crippen LogP) is 3.92. The van der Waals surface area contributed by atoms with Crippen LogP contribution in [0.25, 0.3) is 10.9 Å². The van der Waals surface area contributed by atoms with Crippen molar-refractivity contribution in [2.75, 3.05) is 18.4 Å². The first-order chi connectivity index (χ1) is 13.7. The van der Waals surface area contributed by atoms with Crippen LogP contribution in [-0.4, -0.2) is 47.0 Å². The molecule has 0 spiro atoms. The Morgan fingerprint density at radius 2 is 1.93 bits per heavy atom.